The maximum Gasteiger partial charge on any atom is 0.306 e. The molecular weight excluding hydrogens is 344 g/mol. The molecule has 25 heavy (non-hydrogen) atoms. The van der Waals surface area contributed by atoms with E-state index in [1.54, 1.807) is 16.1 Å². The van der Waals surface area contributed by atoms with E-state index in [9.17, 15) is 8.78 Å². The van der Waals surface area contributed by atoms with Gasteiger partial charge in [0.05, 0.1) is 21.4 Å². The van der Waals surface area contributed by atoms with Crippen molar-refractivity contribution in [2.45, 2.75) is 0 Å². The van der Waals surface area contributed by atoms with Gasteiger partial charge in [0.25, 0.3) is 0 Å². The minimum Gasteiger partial charge on any atom is -0.432 e. The summed E-state index contributed by atoms with van der Waals surface area (Å²) in [6.07, 6.45) is 3.24. The first-order valence-corrected chi connectivity index (χ1v) is 8.33. The molecule has 3 aromatic heterocycles. The first kappa shape index (κ1) is 14.3. The quantitative estimate of drug-likeness (QED) is 0.441. The fourth-order valence-electron chi connectivity index (χ4n) is 2.93. The molecule has 0 aliphatic carbocycles. The highest BCUT2D eigenvalue weighted by Gasteiger charge is 2.21. The first-order chi connectivity index (χ1) is 12.2. The van der Waals surface area contributed by atoms with Crippen LogP contribution in [0.2, 0.25) is 0 Å². The number of halogens is 2. The molecule has 7 heteroatoms. The molecule has 0 spiro atoms. The summed E-state index contributed by atoms with van der Waals surface area (Å²) in [5, 5.41) is 0. The van der Waals surface area contributed by atoms with E-state index in [4.69, 9.17) is 4.42 Å². The molecule has 0 aliphatic heterocycles. The third-order valence-electron chi connectivity index (χ3n) is 4.05. The van der Waals surface area contributed by atoms with Gasteiger partial charge in [0.2, 0.25) is 0 Å². The summed E-state index contributed by atoms with van der Waals surface area (Å²) in [5.74, 6) is -0.948. The highest BCUT2D eigenvalue weighted by atomic mass is 32.1. The maximum absolute atomic E-state index is 14.3. The summed E-state index contributed by atoms with van der Waals surface area (Å²) in [7, 11) is 0. The molecule has 0 aliphatic rings. The van der Waals surface area contributed by atoms with Crippen LogP contribution in [0.5, 0.6) is 0 Å². The molecule has 4 nitrogen and oxygen atoms in total. The lowest BCUT2D eigenvalue weighted by molar-refractivity contribution is 0.585. The predicted octanol–water partition coefficient (Wildman–Crippen LogP) is 5.15. The van der Waals surface area contributed by atoms with Gasteiger partial charge in [-0.05, 0) is 24.3 Å². The summed E-state index contributed by atoms with van der Waals surface area (Å²) in [5.41, 5.74) is 4.84. The zero-order valence-electron chi connectivity index (χ0n) is 12.6. The number of hydrogen-bond acceptors (Lipinski definition) is 4. The van der Waals surface area contributed by atoms with Crippen molar-refractivity contribution in [2.24, 2.45) is 0 Å². The first-order valence-electron chi connectivity index (χ1n) is 7.45. The molecule has 0 saturated carbocycles. The second-order valence-corrected chi connectivity index (χ2v) is 6.41. The summed E-state index contributed by atoms with van der Waals surface area (Å²) in [6, 6.07) is 9.26. The second-order valence-electron chi connectivity index (χ2n) is 5.52. The van der Waals surface area contributed by atoms with Gasteiger partial charge in [-0.1, -0.05) is 6.07 Å². The number of nitrogens with zero attached hydrogens (tertiary/aromatic N) is 3. The van der Waals surface area contributed by atoms with Crippen molar-refractivity contribution in [3.05, 3.63) is 66.0 Å². The zero-order chi connectivity index (χ0) is 17.0. The monoisotopic (exact) mass is 353 g/mol. The van der Waals surface area contributed by atoms with E-state index in [-0.39, 0.29) is 5.56 Å². The zero-order valence-corrected chi connectivity index (χ0v) is 13.4. The van der Waals surface area contributed by atoms with Crippen molar-refractivity contribution in [3.63, 3.8) is 0 Å². The summed E-state index contributed by atoms with van der Waals surface area (Å²) >= 11 is 1.53. The van der Waals surface area contributed by atoms with E-state index in [2.05, 4.69) is 9.97 Å². The van der Waals surface area contributed by atoms with Gasteiger partial charge in [-0.3, -0.25) is 4.40 Å². The van der Waals surface area contributed by atoms with Crippen molar-refractivity contribution in [1.29, 1.82) is 0 Å². The van der Waals surface area contributed by atoms with E-state index < -0.39 is 11.6 Å². The second kappa shape index (κ2) is 5.22. The Labute approximate surface area is 144 Å². The van der Waals surface area contributed by atoms with Crippen LogP contribution in [0.15, 0.2) is 58.8 Å². The Morgan fingerprint density at radius 3 is 2.88 bits per heavy atom. The molecule has 122 valence electrons. The summed E-state index contributed by atoms with van der Waals surface area (Å²) in [6.45, 7) is 0. The normalized spacial score (nSPS) is 11.6. The summed E-state index contributed by atoms with van der Waals surface area (Å²) in [4.78, 5) is 8.67. The number of hydrogen-bond donors (Lipinski definition) is 0. The Hall–Kier alpha value is -3.06. The lowest BCUT2D eigenvalue weighted by Gasteiger charge is -2.06. The molecule has 2 aromatic carbocycles. The van der Waals surface area contributed by atoms with Gasteiger partial charge < -0.3 is 4.42 Å². The van der Waals surface area contributed by atoms with Crippen LogP contribution < -0.4 is 0 Å². The third-order valence-corrected chi connectivity index (χ3v) is 4.84. The standard InChI is InChI=1S/C18H9F2N3OS/c19-11-2-3-12(13(20)8-11)16-17(23-5-6-24-18(23)22-16)10-1-4-14-15(7-10)25-9-21-14/h1-9H. The van der Waals surface area contributed by atoms with Crippen LogP contribution in [0, 0.1) is 11.6 Å². The number of aromatic nitrogens is 3. The maximum atomic E-state index is 14.3. The van der Waals surface area contributed by atoms with E-state index in [0.29, 0.717) is 17.2 Å². The Bertz CT molecular complexity index is 1240. The minimum absolute atomic E-state index is 0.222. The number of oxazole rings is 1. The van der Waals surface area contributed by atoms with Crippen LogP contribution >= 0.6 is 11.3 Å². The van der Waals surface area contributed by atoms with Crippen LogP contribution in [-0.4, -0.2) is 14.4 Å². The molecule has 5 rings (SSSR count). The van der Waals surface area contributed by atoms with Gasteiger partial charge in [-0.25, -0.2) is 13.8 Å². The molecule has 3 heterocycles. The van der Waals surface area contributed by atoms with Gasteiger partial charge in [0.1, 0.15) is 23.6 Å². The van der Waals surface area contributed by atoms with Crippen molar-refractivity contribution >= 4 is 27.4 Å². The molecule has 0 amide bonds. The van der Waals surface area contributed by atoms with Crippen molar-refractivity contribution in [1.82, 2.24) is 14.4 Å². The van der Waals surface area contributed by atoms with E-state index in [1.807, 2.05) is 18.2 Å². The van der Waals surface area contributed by atoms with Crippen molar-refractivity contribution in [2.75, 3.05) is 0 Å². The van der Waals surface area contributed by atoms with E-state index >= 15 is 0 Å². The highest BCUT2D eigenvalue weighted by Crippen LogP contribution is 2.36. The Balaban J connectivity index is 1.82. The lowest BCUT2D eigenvalue weighted by Crippen LogP contribution is -1.91. The van der Waals surface area contributed by atoms with Crippen LogP contribution in [0.25, 0.3) is 38.6 Å². The van der Waals surface area contributed by atoms with Gasteiger partial charge in [0.15, 0.2) is 0 Å². The van der Waals surface area contributed by atoms with Gasteiger partial charge in [-0.2, -0.15) is 4.98 Å². The van der Waals surface area contributed by atoms with Crippen LogP contribution in [0.4, 0.5) is 8.78 Å². The van der Waals surface area contributed by atoms with E-state index in [0.717, 1.165) is 21.8 Å². The molecule has 0 N–H and O–H groups in total. The predicted molar refractivity (Wildman–Crippen MR) is 91.4 cm³/mol. The summed E-state index contributed by atoms with van der Waals surface area (Å²) < 4.78 is 35.8. The number of fused-ring (bicyclic) bond motifs is 2. The molecule has 0 unspecified atom stereocenters. The average molecular weight is 353 g/mol. The molecule has 0 saturated heterocycles. The molecule has 0 atom stereocenters. The van der Waals surface area contributed by atoms with Crippen molar-refractivity contribution in [3.8, 4) is 22.5 Å². The molecular formula is C18H9F2N3OS. The Kier molecular flexibility index (Phi) is 2.98. The minimum atomic E-state index is -0.666. The Morgan fingerprint density at radius 2 is 2.00 bits per heavy atom. The third kappa shape index (κ3) is 2.16. The van der Waals surface area contributed by atoms with Crippen LogP contribution in [0.3, 0.4) is 0 Å². The Morgan fingerprint density at radius 1 is 1.08 bits per heavy atom. The molecule has 0 fully saturated rings. The van der Waals surface area contributed by atoms with Gasteiger partial charge in [-0.15, -0.1) is 11.3 Å². The van der Waals surface area contributed by atoms with Crippen LogP contribution in [0.1, 0.15) is 0 Å². The van der Waals surface area contributed by atoms with Gasteiger partial charge >= 0.3 is 5.84 Å². The van der Waals surface area contributed by atoms with Crippen molar-refractivity contribution < 1.29 is 13.2 Å². The van der Waals surface area contributed by atoms with Gasteiger partial charge in [0, 0.05) is 23.4 Å². The van der Waals surface area contributed by atoms with Crippen LogP contribution in [-0.2, 0) is 0 Å². The van der Waals surface area contributed by atoms with E-state index in [1.165, 1.54) is 29.7 Å². The number of imidazole rings is 1. The fourth-order valence-corrected chi connectivity index (χ4v) is 3.65. The molecule has 0 bridgehead atoms. The smallest absolute Gasteiger partial charge is 0.306 e. The molecule has 0 radical (unpaired) electrons. The largest absolute Gasteiger partial charge is 0.432 e. The SMILES string of the molecule is Fc1ccc(-c2nc3occn3c2-c2ccc3ncsc3c2)c(F)c1. The topological polar surface area (TPSA) is 43.3 Å². The fraction of sp³-hybridized carbons (Fsp3) is 0. The number of rotatable bonds is 2. The average Bonchev–Trinajstić information content (AvgIpc) is 3.29. The molecule has 5 aromatic rings. The highest BCUT2D eigenvalue weighted by molar-refractivity contribution is 7.16. The number of thiazole rings is 1. The lowest BCUT2D eigenvalue weighted by atomic mass is 10.0. The number of benzene rings is 2.